The molecule has 3 heteroatoms. The maximum absolute atomic E-state index is 8.62. The van der Waals surface area contributed by atoms with Crippen molar-refractivity contribution in [1.29, 1.82) is 0 Å². The van der Waals surface area contributed by atoms with Crippen LogP contribution in [0.5, 0.6) is 0 Å². The van der Waals surface area contributed by atoms with E-state index in [0.717, 1.165) is 13.0 Å². The molecule has 1 rings (SSSR count). The van der Waals surface area contributed by atoms with Gasteiger partial charge in [-0.1, -0.05) is 6.08 Å². The van der Waals surface area contributed by atoms with E-state index in [4.69, 9.17) is 10.2 Å². The van der Waals surface area contributed by atoms with Gasteiger partial charge in [-0.3, -0.25) is 0 Å². The highest BCUT2D eigenvalue weighted by Gasteiger charge is 2.07. The number of rotatable bonds is 1. The lowest BCUT2D eigenvalue weighted by molar-refractivity contribution is -0.0101. The van der Waals surface area contributed by atoms with Crippen molar-refractivity contribution in [1.82, 2.24) is 5.32 Å². The molecule has 52 valence electrons. The summed E-state index contributed by atoms with van der Waals surface area (Å²) in [6.07, 6.45) is 1.49. The normalized spacial score (nSPS) is 20.1. The molecule has 9 heavy (non-hydrogen) atoms. The second kappa shape index (κ2) is 2.96. The van der Waals surface area contributed by atoms with Gasteiger partial charge in [0.1, 0.15) is 0 Å². The molecule has 0 aromatic rings. The zero-order valence-corrected chi connectivity index (χ0v) is 5.17. The average Bonchev–Trinajstić information content (AvgIpc) is 1.90. The molecule has 0 radical (unpaired) electrons. The zero-order valence-electron chi connectivity index (χ0n) is 5.17. The van der Waals surface area contributed by atoms with Gasteiger partial charge in [-0.05, 0) is 18.5 Å². The highest BCUT2D eigenvalue weighted by molar-refractivity contribution is 5.09. The van der Waals surface area contributed by atoms with E-state index in [0.29, 0.717) is 12.1 Å². The van der Waals surface area contributed by atoms with Crippen LogP contribution in [0.4, 0.5) is 0 Å². The van der Waals surface area contributed by atoms with Gasteiger partial charge in [-0.15, -0.1) is 0 Å². The van der Waals surface area contributed by atoms with Crippen LogP contribution in [0.3, 0.4) is 0 Å². The first-order valence-electron chi connectivity index (χ1n) is 3.06. The van der Waals surface area contributed by atoms with E-state index >= 15 is 0 Å². The summed E-state index contributed by atoms with van der Waals surface area (Å²) in [5.41, 5.74) is 0.682. The predicted octanol–water partition coefficient (Wildman–Crippen LogP) is -0.783. The van der Waals surface area contributed by atoms with E-state index in [1.807, 2.05) is 6.08 Å². The van der Waals surface area contributed by atoms with Crippen LogP contribution < -0.4 is 5.32 Å². The van der Waals surface area contributed by atoms with Crippen LogP contribution in [0.25, 0.3) is 0 Å². The molecule has 1 heterocycles. The quantitative estimate of drug-likeness (QED) is 0.321. The van der Waals surface area contributed by atoms with E-state index in [9.17, 15) is 0 Å². The van der Waals surface area contributed by atoms with Crippen LogP contribution in [-0.2, 0) is 0 Å². The summed E-state index contributed by atoms with van der Waals surface area (Å²) >= 11 is 0. The number of hydrogen-bond acceptors (Lipinski definition) is 3. The smallest absolute Gasteiger partial charge is 0.175 e. The average molecular weight is 129 g/mol. The largest absolute Gasteiger partial charge is 0.365 e. The van der Waals surface area contributed by atoms with Gasteiger partial charge in [0, 0.05) is 6.54 Å². The lowest BCUT2D eigenvalue weighted by Gasteiger charge is -2.14. The van der Waals surface area contributed by atoms with E-state index in [2.05, 4.69) is 5.32 Å². The third-order valence-electron chi connectivity index (χ3n) is 1.39. The fourth-order valence-electron chi connectivity index (χ4n) is 0.861. The summed E-state index contributed by atoms with van der Waals surface area (Å²) < 4.78 is 0. The fourth-order valence-corrected chi connectivity index (χ4v) is 0.861. The topological polar surface area (TPSA) is 52.5 Å². The zero-order chi connectivity index (χ0) is 6.69. The maximum Gasteiger partial charge on any atom is 0.175 e. The molecule has 0 aliphatic carbocycles. The van der Waals surface area contributed by atoms with Gasteiger partial charge >= 0.3 is 0 Å². The minimum atomic E-state index is -1.27. The molecule has 3 nitrogen and oxygen atoms in total. The molecule has 0 amide bonds. The fraction of sp³-hybridized carbons (Fsp3) is 0.667. The third kappa shape index (κ3) is 1.78. The van der Waals surface area contributed by atoms with Gasteiger partial charge in [-0.25, -0.2) is 0 Å². The summed E-state index contributed by atoms with van der Waals surface area (Å²) in [5, 5.41) is 20.3. The number of nitrogens with one attached hydrogen (secondary N) is 1. The highest BCUT2D eigenvalue weighted by Crippen LogP contribution is 2.03. The minimum absolute atomic E-state index is 0.609. The molecule has 0 unspecified atom stereocenters. The van der Waals surface area contributed by atoms with Crippen molar-refractivity contribution >= 4 is 0 Å². The monoisotopic (exact) mass is 129 g/mol. The first-order valence-corrected chi connectivity index (χ1v) is 3.06. The molecule has 0 atom stereocenters. The van der Waals surface area contributed by atoms with E-state index < -0.39 is 6.29 Å². The van der Waals surface area contributed by atoms with E-state index in [1.165, 1.54) is 0 Å². The van der Waals surface area contributed by atoms with Crippen molar-refractivity contribution < 1.29 is 10.2 Å². The lowest BCUT2D eigenvalue weighted by atomic mass is 10.1. The number of aliphatic hydroxyl groups is 2. The highest BCUT2D eigenvalue weighted by atomic mass is 16.5. The molecule has 3 N–H and O–H groups in total. The third-order valence-corrected chi connectivity index (χ3v) is 1.39. The first kappa shape index (κ1) is 6.74. The number of hydrogen-bond donors (Lipinski definition) is 3. The summed E-state index contributed by atoms with van der Waals surface area (Å²) in [4.78, 5) is 0. The summed E-state index contributed by atoms with van der Waals surface area (Å²) in [7, 11) is 0. The van der Waals surface area contributed by atoms with Gasteiger partial charge in [-0.2, -0.15) is 0 Å². The van der Waals surface area contributed by atoms with Crippen molar-refractivity contribution in [2.75, 3.05) is 13.1 Å². The Bertz CT molecular complexity index is 120. The van der Waals surface area contributed by atoms with Gasteiger partial charge in [0.15, 0.2) is 6.29 Å². The van der Waals surface area contributed by atoms with Crippen molar-refractivity contribution in [2.45, 2.75) is 12.7 Å². The van der Waals surface area contributed by atoms with E-state index in [-0.39, 0.29) is 0 Å². The molecule has 0 aromatic heterocycles. The SMILES string of the molecule is OC(O)C1=CCCNC1. The molecule has 1 aliphatic rings. The summed E-state index contributed by atoms with van der Waals surface area (Å²) in [6, 6.07) is 0. The second-order valence-corrected chi connectivity index (χ2v) is 2.12. The minimum Gasteiger partial charge on any atom is -0.365 e. The Kier molecular flexibility index (Phi) is 2.22. The maximum atomic E-state index is 8.62. The van der Waals surface area contributed by atoms with Gasteiger partial charge < -0.3 is 15.5 Å². The lowest BCUT2D eigenvalue weighted by Crippen LogP contribution is -2.27. The second-order valence-electron chi connectivity index (χ2n) is 2.12. The van der Waals surface area contributed by atoms with Crippen LogP contribution in [0.2, 0.25) is 0 Å². The molecule has 0 saturated carbocycles. The summed E-state index contributed by atoms with van der Waals surface area (Å²) in [5.74, 6) is 0. The number of aliphatic hydroxyl groups excluding tert-OH is 1. The van der Waals surface area contributed by atoms with Gasteiger partial charge in [0.2, 0.25) is 0 Å². The van der Waals surface area contributed by atoms with Crippen LogP contribution in [0.1, 0.15) is 6.42 Å². The summed E-state index contributed by atoms with van der Waals surface area (Å²) in [6.45, 7) is 1.55. The molecule has 0 spiro atoms. The molecular weight excluding hydrogens is 118 g/mol. The van der Waals surface area contributed by atoms with Crippen LogP contribution in [-0.4, -0.2) is 29.6 Å². The Balaban J connectivity index is 2.46. The molecule has 1 aliphatic heterocycles. The van der Waals surface area contributed by atoms with Crippen molar-refractivity contribution in [3.63, 3.8) is 0 Å². The predicted molar refractivity (Wildman–Crippen MR) is 33.8 cm³/mol. The molecule has 0 fully saturated rings. The molecule has 0 saturated heterocycles. The van der Waals surface area contributed by atoms with Crippen LogP contribution in [0.15, 0.2) is 11.6 Å². The van der Waals surface area contributed by atoms with Crippen LogP contribution in [0, 0.1) is 0 Å². The Morgan fingerprint density at radius 3 is 2.67 bits per heavy atom. The Morgan fingerprint density at radius 2 is 2.33 bits per heavy atom. The van der Waals surface area contributed by atoms with Gasteiger partial charge in [0.05, 0.1) is 0 Å². The molecular formula is C6H11NO2. The van der Waals surface area contributed by atoms with Crippen LogP contribution >= 0.6 is 0 Å². The van der Waals surface area contributed by atoms with Gasteiger partial charge in [0.25, 0.3) is 0 Å². The van der Waals surface area contributed by atoms with E-state index in [1.54, 1.807) is 0 Å². The Hall–Kier alpha value is -0.380. The standard InChI is InChI=1S/C6H11NO2/c8-6(9)5-2-1-3-7-4-5/h2,6-9H,1,3-4H2. The van der Waals surface area contributed by atoms with Crippen molar-refractivity contribution in [3.8, 4) is 0 Å². The molecule has 0 aromatic carbocycles. The van der Waals surface area contributed by atoms with Crippen molar-refractivity contribution in [3.05, 3.63) is 11.6 Å². The Labute approximate surface area is 54.0 Å². The molecule has 0 bridgehead atoms. The first-order chi connectivity index (χ1) is 4.30. The van der Waals surface area contributed by atoms with Crippen molar-refractivity contribution in [2.24, 2.45) is 0 Å². The Morgan fingerprint density at radius 1 is 1.56 bits per heavy atom.